The summed E-state index contributed by atoms with van der Waals surface area (Å²) in [6, 6.07) is 5.12. The van der Waals surface area contributed by atoms with Crippen molar-refractivity contribution in [3.8, 4) is 11.5 Å². The molecular formula is C6H5KO5S. The SMILES string of the molecule is O=S(=O)(O)Oc1ccccc1[O-].[K+]. The van der Waals surface area contributed by atoms with Crippen LogP contribution >= 0.6 is 0 Å². The van der Waals surface area contributed by atoms with E-state index in [2.05, 4.69) is 4.18 Å². The second kappa shape index (κ2) is 5.30. The summed E-state index contributed by atoms with van der Waals surface area (Å²) in [4.78, 5) is 0. The van der Waals surface area contributed by atoms with E-state index in [0.717, 1.165) is 12.1 Å². The molecule has 0 amide bonds. The minimum Gasteiger partial charge on any atom is -0.870 e. The Morgan fingerprint density at radius 3 is 2.31 bits per heavy atom. The van der Waals surface area contributed by atoms with Gasteiger partial charge in [-0.15, -0.1) is 0 Å². The van der Waals surface area contributed by atoms with Crippen molar-refractivity contribution in [2.24, 2.45) is 0 Å². The molecule has 1 rings (SSSR count). The molecule has 0 bridgehead atoms. The Labute approximate surface area is 118 Å². The molecule has 0 saturated heterocycles. The van der Waals surface area contributed by atoms with Crippen molar-refractivity contribution in [1.29, 1.82) is 0 Å². The third-order valence-corrected chi connectivity index (χ3v) is 1.43. The fraction of sp³-hybridized carbons (Fsp3) is 0. The van der Waals surface area contributed by atoms with Gasteiger partial charge in [-0.25, -0.2) is 0 Å². The molecule has 0 spiro atoms. The topological polar surface area (TPSA) is 86.7 Å². The van der Waals surface area contributed by atoms with E-state index in [9.17, 15) is 13.5 Å². The summed E-state index contributed by atoms with van der Waals surface area (Å²) >= 11 is 0. The van der Waals surface area contributed by atoms with Gasteiger partial charge in [0.05, 0.1) is 0 Å². The van der Waals surface area contributed by atoms with Gasteiger partial charge >= 0.3 is 61.8 Å². The van der Waals surface area contributed by atoms with Crippen molar-refractivity contribution in [3.63, 3.8) is 0 Å². The largest absolute Gasteiger partial charge is 1.00 e. The van der Waals surface area contributed by atoms with Gasteiger partial charge < -0.3 is 9.29 Å². The summed E-state index contributed by atoms with van der Waals surface area (Å²) in [5.74, 6) is -1.02. The molecule has 0 radical (unpaired) electrons. The molecule has 0 aliphatic heterocycles. The zero-order valence-corrected chi connectivity index (χ0v) is 10.7. The molecule has 0 heterocycles. The van der Waals surface area contributed by atoms with E-state index in [1.165, 1.54) is 12.1 Å². The van der Waals surface area contributed by atoms with E-state index in [0.29, 0.717) is 0 Å². The van der Waals surface area contributed by atoms with Gasteiger partial charge in [-0.2, -0.15) is 8.42 Å². The smallest absolute Gasteiger partial charge is 0.870 e. The number of rotatable bonds is 2. The molecule has 7 heteroatoms. The third-order valence-electron chi connectivity index (χ3n) is 1.04. The maximum atomic E-state index is 10.8. The molecule has 0 fully saturated rings. The van der Waals surface area contributed by atoms with Crippen molar-refractivity contribution in [3.05, 3.63) is 24.3 Å². The van der Waals surface area contributed by atoms with Crippen LogP contribution in [0.15, 0.2) is 24.3 Å². The predicted molar refractivity (Wildman–Crippen MR) is 38.1 cm³/mol. The Morgan fingerprint density at radius 2 is 1.85 bits per heavy atom. The quantitative estimate of drug-likeness (QED) is 0.429. The van der Waals surface area contributed by atoms with Gasteiger partial charge in [0.25, 0.3) is 0 Å². The van der Waals surface area contributed by atoms with Crippen LogP contribution in [0.3, 0.4) is 0 Å². The van der Waals surface area contributed by atoms with Crippen LogP contribution in [0.2, 0.25) is 0 Å². The Morgan fingerprint density at radius 1 is 1.31 bits per heavy atom. The van der Waals surface area contributed by atoms with Crippen LogP contribution in [0.5, 0.6) is 11.5 Å². The molecule has 1 aromatic carbocycles. The molecule has 0 unspecified atom stereocenters. The van der Waals surface area contributed by atoms with Crippen LogP contribution in [0.25, 0.3) is 0 Å². The predicted octanol–water partition coefficient (Wildman–Crippen LogP) is -3.05. The summed E-state index contributed by atoms with van der Waals surface area (Å²) < 4.78 is 32.4. The number of benzene rings is 1. The van der Waals surface area contributed by atoms with Crippen LogP contribution in [0.1, 0.15) is 0 Å². The van der Waals surface area contributed by atoms with Gasteiger partial charge in [-0.3, -0.25) is 4.55 Å². The van der Waals surface area contributed by atoms with E-state index in [4.69, 9.17) is 4.55 Å². The zero-order chi connectivity index (χ0) is 9.19. The van der Waals surface area contributed by atoms with Gasteiger partial charge in [0.2, 0.25) is 0 Å². The summed E-state index contributed by atoms with van der Waals surface area (Å²) in [6.07, 6.45) is 0. The number of hydrogen-bond acceptors (Lipinski definition) is 4. The minimum absolute atomic E-state index is 0. The van der Waals surface area contributed by atoms with Crippen molar-refractivity contribution < 1.29 is 73.6 Å². The average molecular weight is 228 g/mol. The molecule has 66 valence electrons. The van der Waals surface area contributed by atoms with Crippen LogP contribution < -0.4 is 60.7 Å². The van der Waals surface area contributed by atoms with Gasteiger partial charge in [0, 0.05) is 0 Å². The molecule has 1 aromatic rings. The van der Waals surface area contributed by atoms with Gasteiger partial charge in [0.15, 0.2) is 0 Å². The molecule has 13 heavy (non-hydrogen) atoms. The second-order valence-corrected chi connectivity index (χ2v) is 2.98. The Balaban J connectivity index is 0.00000144. The third kappa shape index (κ3) is 4.96. The first-order valence-electron chi connectivity index (χ1n) is 2.92. The van der Waals surface area contributed by atoms with Crippen molar-refractivity contribution in [1.82, 2.24) is 0 Å². The van der Waals surface area contributed by atoms with E-state index in [1.807, 2.05) is 0 Å². The summed E-state index contributed by atoms with van der Waals surface area (Å²) in [6.45, 7) is 0. The van der Waals surface area contributed by atoms with Crippen molar-refractivity contribution in [2.75, 3.05) is 0 Å². The monoisotopic (exact) mass is 228 g/mol. The molecule has 5 nitrogen and oxygen atoms in total. The van der Waals surface area contributed by atoms with Gasteiger partial charge in [0.1, 0.15) is 5.75 Å². The first-order valence-corrected chi connectivity index (χ1v) is 4.28. The normalized spacial score (nSPS) is 10.2. The van der Waals surface area contributed by atoms with E-state index < -0.39 is 21.9 Å². The van der Waals surface area contributed by atoms with E-state index in [-0.39, 0.29) is 51.4 Å². The molecule has 0 atom stereocenters. The first kappa shape index (κ1) is 13.4. The maximum Gasteiger partial charge on any atom is 1.00 e. The maximum absolute atomic E-state index is 10.8. The molecule has 0 aliphatic carbocycles. The molecule has 1 N–H and O–H groups in total. The summed E-state index contributed by atoms with van der Waals surface area (Å²) in [5, 5.41) is 10.8. The fourth-order valence-corrected chi connectivity index (χ4v) is 0.997. The second-order valence-electron chi connectivity index (χ2n) is 1.96. The fourth-order valence-electron chi connectivity index (χ4n) is 0.632. The van der Waals surface area contributed by atoms with Crippen LogP contribution in [0.4, 0.5) is 0 Å². The van der Waals surface area contributed by atoms with Crippen LogP contribution in [-0.4, -0.2) is 13.0 Å². The van der Waals surface area contributed by atoms with E-state index >= 15 is 0 Å². The van der Waals surface area contributed by atoms with Crippen LogP contribution in [0, 0.1) is 0 Å². The molecule has 0 saturated carbocycles. The summed E-state index contributed by atoms with van der Waals surface area (Å²) in [7, 11) is -4.60. The number of hydrogen-bond donors (Lipinski definition) is 1. The number of para-hydroxylation sites is 2. The van der Waals surface area contributed by atoms with Gasteiger partial charge in [-0.05, 0) is 6.07 Å². The molecule has 0 aromatic heterocycles. The Hall–Kier alpha value is 0.366. The van der Waals surface area contributed by atoms with Crippen molar-refractivity contribution in [2.45, 2.75) is 0 Å². The zero-order valence-electron chi connectivity index (χ0n) is 6.80. The Bertz CT molecular complexity index is 374. The molecule has 0 aliphatic rings. The molecular weight excluding hydrogens is 223 g/mol. The minimum atomic E-state index is -4.60. The standard InChI is InChI=1S/C6H6O5S.K/c7-5-3-1-2-4-6(5)11-12(8,9)10;/h1-4,7H,(H,8,9,10);/q;+1/p-1. The average Bonchev–Trinajstić information content (AvgIpc) is 1.91. The van der Waals surface area contributed by atoms with E-state index in [1.54, 1.807) is 0 Å². The van der Waals surface area contributed by atoms with Crippen molar-refractivity contribution >= 4 is 10.4 Å². The van der Waals surface area contributed by atoms with Gasteiger partial charge in [-0.1, -0.05) is 23.9 Å². The Kier molecular flexibility index (Phi) is 5.45. The first-order chi connectivity index (χ1) is 5.49. The summed E-state index contributed by atoms with van der Waals surface area (Å²) in [5.41, 5.74) is 0. The van der Waals surface area contributed by atoms with Crippen LogP contribution in [-0.2, 0) is 10.4 Å².